The predicted octanol–water partition coefficient (Wildman–Crippen LogP) is -0.121. The maximum atomic E-state index is 11.6. The fourth-order valence-electron chi connectivity index (χ4n) is 1.48. The van der Waals surface area contributed by atoms with Crippen molar-refractivity contribution in [2.24, 2.45) is 0 Å². The third-order valence-corrected chi connectivity index (χ3v) is 5.33. The Balaban J connectivity index is 2.91. The van der Waals surface area contributed by atoms with Gasteiger partial charge in [0.2, 0.25) is 15.9 Å². The molecule has 1 rings (SSSR count). The molecule has 5 nitrogen and oxygen atoms in total. The summed E-state index contributed by atoms with van der Waals surface area (Å²) in [5, 5.41) is 2.65. The van der Waals surface area contributed by atoms with Crippen molar-refractivity contribution in [1.82, 2.24) is 9.62 Å². The maximum Gasteiger partial charge on any atom is 0.238 e. The van der Waals surface area contributed by atoms with Gasteiger partial charge in [0.15, 0.2) is 0 Å². The lowest BCUT2D eigenvalue weighted by molar-refractivity contribution is -0.126. The van der Waals surface area contributed by atoms with E-state index in [1.807, 2.05) is 0 Å². The zero-order valence-electron chi connectivity index (χ0n) is 7.86. The fourth-order valence-corrected chi connectivity index (χ4v) is 3.39. The minimum Gasteiger partial charge on any atom is -0.353 e. The normalized spacial score (nSPS) is 24.7. The average Bonchev–Trinajstić information content (AvgIpc) is 2.17. The SMILES string of the molecule is CCC1C(=O)NCCN1S(=O)(=O)CBr. The van der Waals surface area contributed by atoms with Crippen LogP contribution in [0.15, 0.2) is 0 Å². The number of amides is 1. The van der Waals surface area contributed by atoms with Crippen molar-refractivity contribution in [3.63, 3.8) is 0 Å². The second kappa shape index (κ2) is 4.59. The predicted molar refractivity (Wildman–Crippen MR) is 56.5 cm³/mol. The highest BCUT2D eigenvalue weighted by Crippen LogP contribution is 2.15. The van der Waals surface area contributed by atoms with Crippen LogP contribution >= 0.6 is 15.9 Å². The molecule has 1 unspecified atom stereocenters. The molecule has 0 aromatic carbocycles. The van der Waals surface area contributed by atoms with Gasteiger partial charge in [-0.15, -0.1) is 0 Å². The second-order valence-corrected chi connectivity index (χ2v) is 6.27. The smallest absolute Gasteiger partial charge is 0.238 e. The number of carbonyl (C=O) groups excluding carboxylic acids is 1. The van der Waals surface area contributed by atoms with Crippen molar-refractivity contribution in [3.8, 4) is 0 Å². The van der Waals surface area contributed by atoms with Crippen LogP contribution in [-0.4, -0.2) is 42.4 Å². The van der Waals surface area contributed by atoms with Gasteiger partial charge in [-0.3, -0.25) is 4.79 Å². The Morgan fingerprint density at radius 3 is 2.79 bits per heavy atom. The lowest BCUT2D eigenvalue weighted by atomic mass is 10.2. The standard InChI is InChI=1S/C7H13BrN2O3S/c1-2-6-7(11)9-3-4-10(6)14(12,13)5-8/h6H,2-5H2,1H3,(H,9,11). The Bertz CT molecular complexity index is 317. The quantitative estimate of drug-likeness (QED) is 0.735. The number of alkyl halides is 1. The fraction of sp³-hybridized carbons (Fsp3) is 0.857. The molecule has 0 radical (unpaired) electrons. The molecule has 1 saturated heterocycles. The third-order valence-electron chi connectivity index (χ3n) is 2.16. The van der Waals surface area contributed by atoms with Gasteiger partial charge in [0, 0.05) is 13.1 Å². The summed E-state index contributed by atoms with van der Waals surface area (Å²) in [6.07, 6.45) is 0.498. The monoisotopic (exact) mass is 284 g/mol. The Morgan fingerprint density at radius 2 is 2.29 bits per heavy atom. The number of nitrogens with zero attached hydrogens (tertiary/aromatic N) is 1. The average molecular weight is 285 g/mol. The maximum absolute atomic E-state index is 11.6. The zero-order chi connectivity index (χ0) is 10.8. The van der Waals surface area contributed by atoms with E-state index in [4.69, 9.17) is 0 Å². The Labute approximate surface area is 92.0 Å². The summed E-state index contributed by atoms with van der Waals surface area (Å²) in [7, 11) is -3.33. The van der Waals surface area contributed by atoms with E-state index in [0.717, 1.165) is 0 Å². The molecule has 0 aromatic heterocycles. The Hall–Kier alpha value is -0.140. The van der Waals surface area contributed by atoms with Gasteiger partial charge in [0.25, 0.3) is 0 Å². The summed E-state index contributed by atoms with van der Waals surface area (Å²) in [5.41, 5.74) is 0. The topological polar surface area (TPSA) is 66.5 Å². The van der Waals surface area contributed by atoms with E-state index in [2.05, 4.69) is 21.2 Å². The number of piperazine rings is 1. The molecule has 7 heteroatoms. The summed E-state index contributed by atoms with van der Waals surface area (Å²) in [6, 6.07) is -0.550. The van der Waals surface area contributed by atoms with Crippen LogP contribution in [0, 0.1) is 0 Å². The zero-order valence-corrected chi connectivity index (χ0v) is 10.3. The van der Waals surface area contributed by atoms with Gasteiger partial charge in [-0.25, -0.2) is 8.42 Å². The molecule has 1 atom stereocenters. The molecule has 0 saturated carbocycles. The van der Waals surface area contributed by atoms with E-state index in [9.17, 15) is 13.2 Å². The molecule has 82 valence electrons. The number of rotatable bonds is 3. The van der Waals surface area contributed by atoms with Crippen LogP contribution in [0.25, 0.3) is 0 Å². The van der Waals surface area contributed by atoms with Gasteiger partial charge < -0.3 is 5.32 Å². The van der Waals surface area contributed by atoms with E-state index in [1.165, 1.54) is 4.31 Å². The molecular weight excluding hydrogens is 272 g/mol. The first kappa shape index (κ1) is 11.9. The van der Waals surface area contributed by atoms with Crippen molar-refractivity contribution in [2.75, 3.05) is 17.8 Å². The largest absolute Gasteiger partial charge is 0.353 e. The van der Waals surface area contributed by atoms with Gasteiger partial charge >= 0.3 is 0 Å². The summed E-state index contributed by atoms with van der Waals surface area (Å²) in [4.78, 5) is 11.4. The van der Waals surface area contributed by atoms with Gasteiger partial charge in [-0.05, 0) is 6.42 Å². The van der Waals surface area contributed by atoms with Crippen molar-refractivity contribution in [2.45, 2.75) is 19.4 Å². The summed E-state index contributed by atoms with van der Waals surface area (Å²) < 4.78 is 24.3. The summed E-state index contributed by atoms with van der Waals surface area (Å²) in [6.45, 7) is 2.55. The number of halogens is 1. The minimum atomic E-state index is -3.33. The molecule has 1 aliphatic heterocycles. The van der Waals surface area contributed by atoms with Crippen LogP contribution in [0.1, 0.15) is 13.3 Å². The molecule has 0 aliphatic carbocycles. The van der Waals surface area contributed by atoms with Crippen LogP contribution in [0.2, 0.25) is 0 Å². The molecular formula is C7H13BrN2O3S. The first-order valence-corrected chi connectivity index (χ1v) is 7.09. The minimum absolute atomic E-state index is 0.135. The molecule has 1 aliphatic rings. The van der Waals surface area contributed by atoms with E-state index < -0.39 is 16.1 Å². The Kier molecular flexibility index (Phi) is 3.91. The number of hydrogen-bond acceptors (Lipinski definition) is 3. The van der Waals surface area contributed by atoms with Crippen molar-refractivity contribution in [1.29, 1.82) is 0 Å². The molecule has 0 aromatic rings. The lowest BCUT2D eigenvalue weighted by Crippen LogP contribution is -2.56. The van der Waals surface area contributed by atoms with E-state index in [0.29, 0.717) is 19.5 Å². The van der Waals surface area contributed by atoms with Gasteiger partial charge in [-0.2, -0.15) is 4.31 Å². The molecule has 0 spiro atoms. The van der Waals surface area contributed by atoms with Crippen molar-refractivity contribution in [3.05, 3.63) is 0 Å². The molecule has 1 amide bonds. The highest BCUT2D eigenvalue weighted by atomic mass is 79.9. The molecule has 14 heavy (non-hydrogen) atoms. The Morgan fingerprint density at radius 1 is 1.64 bits per heavy atom. The summed E-state index contributed by atoms with van der Waals surface area (Å²) >= 11 is 2.92. The highest BCUT2D eigenvalue weighted by Gasteiger charge is 2.35. The molecule has 1 fully saturated rings. The highest BCUT2D eigenvalue weighted by molar-refractivity contribution is 9.10. The first-order chi connectivity index (χ1) is 6.53. The van der Waals surface area contributed by atoms with Crippen LogP contribution in [0.5, 0.6) is 0 Å². The van der Waals surface area contributed by atoms with Gasteiger partial charge in [-0.1, -0.05) is 22.9 Å². The van der Waals surface area contributed by atoms with E-state index in [-0.39, 0.29) is 10.6 Å². The first-order valence-electron chi connectivity index (χ1n) is 4.36. The van der Waals surface area contributed by atoms with Crippen LogP contribution < -0.4 is 5.32 Å². The third kappa shape index (κ3) is 2.26. The number of nitrogens with one attached hydrogen (secondary N) is 1. The lowest BCUT2D eigenvalue weighted by Gasteiger charge is -2.32. The van der Waals surface area contributed by atoms with Crippen LogP contribution in [0.4, 0.5) is 0 Å². The van der Waals surface area contributed by atoms with Gasteiger partial charge in [0.05, 0.1) is 0 Å². The molecule has 1 N–H and O–H groups in total. The van der Waals surface area contributed by atoms with Crippen LogP contribution in [0.3, 0.4) is 0 Å². The number of sulfonamides is 1. The number of hydrogen-bond donors (Lipinski definition) is 1. The van der Waals surface area contributed by atoms with Crippen LogP contribution in [-0.2, 0) is 14.8 Å². The van der Waals surface area contributed by atoms with Gasteiger partial charge in [0.1, 0.15) is 10.7 Å². The van der Waals surface area contributed by atoms with Crippen molar-refractivity contribution >= 4 is 31.9 Å². The number of carbonyl (C=O) groups is 1. The summed E-state index contributed by atoms with van der Waals surface area (Å²) in [5.74, 6) is -0.205. The van der Waals surface area contributed by atoms with E-state index >= 15 is 0 Å². The second-order valence-electron chi connectivity index (χ2n) is 3.05. The van der Waals surface area contributed by atoms with E-state index in [1.54, 1.807) is 6.92 Å². The van der Waals surface area contributed by atoms with Crippen molar-refractivity contribution < 1.29 is 13.2 Å². The molecule has 0 bridgehead atoms. The molecule has 1 heterocycles.